The first-order chi connectivity index (χ1) is 26.4. The van der Waals surface area contributed by atoms with Gasteiger partial charge in [-0.05, 0) is 118 Å². The van der Waals surface area contributed by atoms with Crippen molar-refractivity contribution in [1.82, 2.24) is 0 Å². The Hall–Kier alpha value is -6.38. The highest BCUT2D eigenvalue weighted by Gasteiger charge is 2.14. The fourth-order valence-electron chi connectivity index (χ4n) is 6.64. The molecule has 2 nitrogen and oxygen atoms in total. The van der Waals surface area contributed by atoms with Gasteiger partial charge in [0.15, 0.2) is 0 Å². The molecule has 0 saturated carbocycles. The molecule has 0 unspecified atom stereocenters. The van der Waals surface area contributed by atoms with Gasteiger partial charge in [0.1, 0.15) is 0 Å². The highest BCUT2D eigenvalue weighted by molar-refractivity contribution is 5.80. The van der Waals surface area contributed by atoms with Crippen molar-refractivity contribution in [2.45, 2.75) is 39.5 Å². The fourth-order valence-corrected chi connectivity index (χ4v) is 6.64. The first-order valence-corrected chi connectivity index (χ1v) is 19.0. The summed E-state index contributed by atoms with van der Waals surface area (Å²) in [6.07, 6.45) is 8.71. The van der Waals surface area contributed by atoms with E-state index in [-0.39, 0.29) is 0 Å². The Morgan fingerprint density at radius 3 is 0.759 bits per heavy atom. The smallest absolute Gasteiger partial charge is 0.0462 e. The molecule has 0 heterocycles. The van der Waals surface area contributed by atoms with Crippen molar-refractivity contribution < 1.29 is 0 Å². The lowest BCUT2D eigenvalue weighted by Crippen LogP contribution is -2.09. The van der Waals surface area contributed by atoms with E-state index >= 15 is 0 Å². The van der Waals surface area contributed by atoms with Crippen LogP contribution >= 0.6 is 0 Å². The van der Waals surface area contributed by atoms with Gasteiger partial charge in [0.2, 0.25) is 0 Å². The van der Waals surface area contributed by atoms with Gasteiger partial charge in [0.05, 0.1) is 0 Å². The quantitative estimate of drug-likeness (QED) is 0.117. The van der Waals surface area contributed by atoms with Crippen LogP contribution in [0.2, 0.25) is 0 Å². The summed E-state index contributed by atoms with van der Waals surface area (Å²) in [4.78, 5) is 4.62. The zero-order valence-corrected chi connectivity index (χ0v) is 31.7. The molecular weight excluding hydrogens is 653 g/mol. The molecule has 0 bridgehead atoms. The summed E-state index contributed by atoms with van der Waals surface area (Å²) in [6.45, 7) is 8.93. The van der Waals surface area contributed by atoms with E-state index in [0.29, 0.717) is 11.8 Å². The summed E-state index contributed by atoms with van der Waals surface area (Å²) in [7, 11) is 0. The van der Waals surface area contributed by atoms with Crippen molar-refractivity contribution >= 4 is 58.4 Å². The van der Waals surface area contributed by atoms with Gasteiger partial charge in [-0.25, -0.2) is 0 Å². The number of nitrogens with zero attached hydrogens (tertiary/aromatic N) is 2. The van der Waals surface area contributed by atoms with Crippen LogP contribution in [0.3, 0.4) is 0 Å². The molecular formula is C52H48N2. The minimum absolute atomic E-state index is 0.503. The molecule has 266 valence electrons. The average Bonchev–Trinajstić information content (AvgIpc) is 3.22. The highest BCUT2D eigenvalue weighted by Crippen LogP contribution is 2.37. The molecule has 7 aromatic carbocycles. The van der Waals surface area contributed by atoms with E-state index < -0.39 is 0 Å². The number of rotatable bonds is 12. The summed E-state index contributed by atoms with van der Waals surface area (Å²) >= 11 is 0. The predicted molar refractivity (Wildman–Crippen MR) is 235 cm³/mol. The summed E-state index contributed by atoms with van der Waals surface area (Å²) in [6, 6.07) is 65.2. The fraction of sp³-hybridized carbons (Fsp3) is 0.115. The summed E-state index contributed by atoms with van der Waals surface area (Å²) in [5, 5.41) is 0. The number of hydrogen-bond donors (Lipinski definition) is 0. The van der Waals surface area contributed by atoms with Crippen LogP contribution in [0.25, 0.3) is 24.3 Å². The maximum atomic E-state index is 2.31. The van der Waals surface area contributed by atoms with Crippen LogP contribution < -0.4 is 9.80 Å². The zero-order valence-electron chi connectivity index (χ0n) is 31.7. The third-order valence-electron chi connectivity index (χ3n) is 9.84. The Kier molecular flexibility index (Phi) is 11.3. The Labute approximate surface area is 322 Å². The molecule has 0 aliphatic heterocycles. The molecule has 0 saturated heterocycles. The van der Waals surface area contributed by atoms with E-state index in [1.165, 1.54) is 22.3 Å². The van der Waals surface area contributed by atoms with Gasteiger partial charge in [-0.2, -0.15) is 0 Å². The highest BCUT2D eigenvalue weighted by atomic mass is 15.1. The van der Waals surface area contributed by atoms with Crippen LogP contribution in [-0.4, -0.2) is 0 Å². The normalized spacial score (nSPS) is 11.5. The Morgan fingerprint density at radius 1 is 0.278 bits per heavy atom. The third kappa shape index (κ3) is 8.80. The number of anilines is 6. The molecule has 54 heavy (non-hydrogen) atoms. The average molecular weight is 701 g/mol. The minimum atomic E-state index is 0.503. The van der Waals surface area contributed by atoms with Crippen molar-refractivity contribution in [3.63, 3.8) is 0 Å². The summed E-state index contributed by atoms with van der Waals surface area (Å²) in [5.74, 6) is 1.01. The van der Waals surface area contributed by atoms with Crippen LogP contribution in [-0.2, 0) is 0 Å². The lowest BCUT2D eigenvalue weighted by molar-refractivity contribution is 0.866. The van der Waals surface area contributed by atoms with Gasteiger partial charge in [0, 0.05) is 34.1 Å². The van der Waals surface area contributed by atoms with Crippen molar-refractivity contribution in [2.75, 3.05) is 9.80 Å². The maximum absolute atomic E-state index is 2.31. The summed E-state index contributed by atoms with van der Waals surface area (Å²) in [5.41, 5.74) is 14.2. The van der Waals surface area contributed by atoms with Crippen LogP contribution in [0.5, 0.6) is 0 Å². The van der Waals surface area contributed by atoms with E-state index in [1.807, 2.05) is 0 Å². The largest absolute Gasteiger partial charge is 0.311 e. The van der Waals surface area contributed by atoms with E-state index in [0.717, 1.165) is 45.3 Å². The Morgan fingerprint density at radius 2 is 0.500 bits per heavy atom. The number of para-hydroxylation sites is 2. The van der Waals surface area contributed by atoms with Crippen LogP contribution in [0, 0.1) is 0 Å². The van der Waals surface area contributed by atoms with Gasteiger partial charge < -0.3 is 9.80 Å². The molecule has 0 N–H and O–H groups in total. The molecule has 0 fully saturated rings. The third-order valence-corrected chi connectivity index (χ3v) is 9.84. The SMILES string of the molecule is CC(C)c1ccc(N(c2ccccc2)c2ccc(C=Cc3ccc(C=Cc4ccc(N(c5ccccc5)c5ccc(C(C)C)cc5)cc4)cc3)cc2)cc1. The lowest BCUT2D eigenvalue weighted by atomic mass is 10.0. The standard InChI is InChI=1S/C52H48N2/c1-39(2)45-27-35-51(36-28-45)53(47-11-7-5-8-12-47)49-31-23-43(24-32-49)21-19-41-15-17-42(18-16-41)20-22-44-25-33-50(34-26-44)54(48-13-9-6-10-14-48)52-37-29-46(30-38-52)40(3)4/h5-40H,1-4H3. The van der Waals surface area contributed by atoms with E-state index in [2.05, 4.69) is 244 Å². The second-order valence-corrected chi connectivity index (χ2v) is 14.4. The molecule has 0 atom stereocenters. The molecule has 0 aliphatic rings. The maximum Gasteiger partial charge on any atom is 0.0462 e. The first kappa shape index (κ1) is 36.0. The van der Waals surface area contributed by atoms with Crippen molar-refractivity contribution in [3.8, 4) is 0 Å². The number of benzene rings is 7. The monoisotopic (exact) mass is 700 g/mol. The van der Waals surface area contributed by atoms with E-state index in [9.17, 15) is 0 Å². The number of hydrogen-bond acceptors (Lipinski definition) is 2. The van der Waals surface area contributed by atoms with Gasteiger partial charge in [-0.1, -0.05) is 161 Å². The summed E-state index contributed by atoms with van der Waals surface area (Å²) < 4.78 is 0. The second kappa shape index (κ2) is 17.0. The molecule has 0 aliphatic carbocycles. The first-order valence-electron chi connectivity index (χ1n) is 19.0. The zero-order chi connectivity index (χ0) is 37.3. The molecule has 0 amide bonds. The van der Waals surface area contributed by atoms with Gasteiger partial charge in [-0.15, -0.1) is 0 Å². The van der Waals surface area contributed by atoms with E-state index in [1.54, 1.807) is 0 Å². The van der Waals surface area contributed by atoms with Crippen LogP contribution in [0.4, 0.5) is 34.1 Å². The van der Waals surface area contributed by atoms with Crippen molar-refractivity contribution in [3.05, 3.63) is 215 Å². The van der Waals surface area contributed by atoms with Crippen LogP contribution in [0.15, 0.2) is 182 Å². The Bertz CT molecular complexity index is 2100. The van der Waals surface area contributed by atoms with Gasteiger partial charge in [-0.3, -0.25) is 0 Å². The lowest BCUT2D eigenvalue weighted by Gasteiger charge is -2.26. The molecule has 0 aromatic heterocycles. The minimum Gasteiger partial charge on any atom is -0.311 e. The molecule has 2 heteroatoms. The molecule has 7 aromatic rings. The van der Waals surface area contributed by atoms with Gasteiger partial charge >= 0.3 is 0 Å². The van der Waals surface area contributed by atoms with Crippen molar-refractivity contribution in [2.24, 2.45) is 0 Å². The second-order valence-electron chi connectivity index (χ2n) is 14.4. The van der Waals surface area contributed by atoms with Crippen LogP contribution in [0.1, 0.15) is 72.9 Å². The molecule has 0 spiro atoms. The topological polar surface area (TPSA) is 6.48 Å². The Balaban J connectivity index is 1.01. The predicted octanol–water partition coefficient (Wildman–Crippen LogP) is 15.2. The van der Waals surface area contributed by atoms with Crippen molar-refractivity contribution in [1.29, 1.82) is 0 Å². The van der Waals surface area contributed by atoms with Gasteiger partial charge in [0.25, 0.3) is 0 Å². The molecule has 7 rings (SSSR count). The van der Waals surface area contributed by atoms with E-state index in [4.69, 9.17) is 0 Å². The molecule has 0 radical (unpaired) electrons.